The van der Waals surface area contributed by atoms with E-state index in [1.54, 1.807) is 14.2 Å². The van der Waals surface area contributed by atoms with Gasteiger partial charge in [-0.25, -0.2) is 0 Å². The van der Waals surface area contributed by atoms with Gasteiger partial charge in [0.05, 0.1) is 20.3 Å². The molecule has 3 atom stereocenters. The Morgan fingerprint density at radius 1 is 1.29 bits per heavy atom. The van der Waals surface area contributed by atoms with E-state index in [0.29, 0.717) is 11.8 Å². The SMILES string of the molecule is COc1ccc([C@@H]2CCCN2C(=O)[C@H]2C[C@H]2C)c(OC)c1. The summed E-state index contributed by atoms with van der Waals surface area (Å²) in [4.78, 5) is 14.6. The highest BCUT2D eigenvalue weighted by molar-refractivity contribution is 5.82. The summed E-state index contributed by atoms with van der Waals surface area (Å²) in [7, 11) is 3.32. The van der Waals surface area contributed by atoms with Gasteiger partial charge in [-0.15, -0.1) is 0 Å². The van der Waals surface area contributed by atoms with Gasteiger partial charge in [-0.2, -0.15) is 0 Å². The summed E-state index contributed by atoms with van der Waals surface area (Å²) in [5.74, 6) is 2.71. The first kappa shape index (κ1) is 14.2. The third-order valence-electron chi connectivity index (χ3n) is 4.76. The molecular weight excluding hydrogens is 266 g/mol. The van der Waals surface area contributed by atoms with Crippen molar-refractivity contribution in [1.29, 1.82) is 0 Å². The number of carbonyl (C=O) groups excluding carboxylic acids is 1. The molecule has 0 radical (unpaired) electrons. The lowest BCUT2D eigenvalue weighted by Crippen LogP contribution is -2.32. The molecule has 1 heterocycles. The number of hydrogen-bond donors (Lipinski definition) is 0. The molecule has 1 aromatic rings. The number of carbonyl (C=O) groups is 1. The minimum Gasteiger partial charge on any atom is -0.497 e. The zero-order valence-electron chi connectivity index (χ0n) is 13.0. The molecule has 1 amide bonds. The summed E-state index contributed by atoms with van der Waals surface area (Å²) >= 11 is 0. The van der Waals surface area contributed by atoms with Crippen molar-refractivity contribution in [3.8, 4) is 11.5 Å². The number of ether oxygens (including phenoxy) is 2. The maximum absolute atomic E-state index is 12.6. The van der Waals surface area contributed by atoms with Crippen LogP contribution in [-0.2, 0) is 4.79 Å². The van der Waals surface area contributed by atoms with E-state index in [1.807, 2.05) is 18.2 Å². The van der Waals surface area contributed by atoms with Gasteiger partial charge in [0.15, 0.2) is 0 Å². The molecule has 0 unspecified atom stereocenters. The van der Waals surface area contributed by atoms with Gasteiger partial charge in [-0.3, -0.25) is 4.79 Å². The highest BCUT2D eigenvalue weighted by Crippen LogP contribution is 2.44. The maximum Gasteiger partial charge on any atom is 0.226 e. The molecule has 114 valence electrons. The second-order valence-electron chi connectivity index (χ2n) is 6.12. The Hall–Kier alpha value is -1.71. The number of nitrogens with zero attached hydrogens (tertiary/aromatic N) is 1. The van der Waals surface area contributed by atoms with Crippen LogP contribution in [0.25, 0.3) is 0 Å². The van der Waals surface area contributed by atoms with Crippen LogP contribution < -0.4 is 9.47 Å². The van der Waals surface area contributed by atoms with E-state index in [0.717, 1.165) is 42.9 Å². The molecule has 0 N–H and O–H groups in total. The van der Waals surface area contributed by atoms with Crippen LogP contribution in [0.5, 0.6) is 11.5 Å². The average molecular weight is 289 g/mol. The predicted octanol–water partition coefficient (Wildman–Crippen LogP) is 3.02. The van der Waals surface area contributed by atoms with Crippen LogP contribution in [0, 0.1) is 11.8 Å². The third-order valence-corrected chi connectivity index (χ3v) is 4.76. The topological polar surface area (TPSA) is 38.8 Å². The van der Waals surface area contributed by atoms with Crippen molar-refractivity contribution in [2.24, 2.45) is 11.8 Å². The Bertz CT molecular complexity index is 543. The molecule has 1 aliphatic carbocycles. The van der Waals surface area contributed by atoms with Crippen LogP contribution in [0.1, 0.15) is 37.8 Å². The van der Waals surface area contributed by atoms with E-state index in [2.05, 4.69) is 11.8 Å². The minimum atomic E-state index is 0.145. The summed E-state index contributed by atoms with van der Waals surface area (Å²) in [5, 5.41) is 0. The smallest absolute Gasteiger partial charge is 0.226 e. The van der Waals surface area contributed by atoms with Crippen LogP contribution in [-0.4, -0.2) is 31.6 Å². The Balaban J connectivity index is 1.86. The van der Waals surface area contributed by atoms with Crippen LogP contribution >= 0.6 is 0 Å². The number of hydrogen-bond acceptors (Lipinski definition) is 3. The van der Waals surface area contributed by atoms with Crippen molar-refractivity contribution < 1.29 is 14.3 Å². The molecule has 1 aromatic carbocycles. The zero-order valence-corrected chi connectivity index (χ0v) is 13.0. The fraction of sp³-hybridized carbons (Fsp3) is 0.588. The van der Waals surface area contributed by atoms with Gasteiger partial charge >= 0.3 is 0 Å². The highest BCUT2D eigenvalue weighted by Gasteiger charge is 2.44. The average Bonchev–Trinajstić information content (AvgIpc) is 3.05. The van der Waals surface area contributed by atoms with E-state index in [4.69, 9.17) is 9.47 Å². The fourth-order valence-electron chi connectivity index (χ4n) is 3.33. The molecule has 4 heteroatoms. The summed E-state index contributed by atoms with van der Waals surface area (Å²) in [5.41, 5.74) is 1.09. The normalized spacial score (nSPS) is 27.6. The summed E-state index contributed by atoms with van der Waals surface area (Å²) in [6.45, 7) is 3.02. The Labute approximate surface area is 126 Å². The molecule has 1 saturated heterocycles. The molecular formula is C17H23NO3. The monoisotopic (exact) mass is 289 g/mol. The molecule has 21 heavy (non-hydrogen) atoms. The molecule has 2 fully saturated rings. The Morgan fingerprint density at radius 3 is 2.67 bits per heavy atom. The number of benzene rings is 1. The van der Waals surface area contributed by atoms with Crippen molar-refractivity contribution in [2.45, 2.75) is 32.2 Å². The van der Waals surface area contributed by atoms with Crippen molar-refractivity contribution in [3.63, 3.8) is 0 Å². The van der Waals surface area contributed by atoms with Gasteiger partial charge in [-0.05, 0) is 37.3 Å². The van der Waals surface area contributed by atoms with Gasteiger partial charge < -0.3 is 14.4 Å². The van der Waals surface area contributed by atoms with Gasteiger partial charge in [0.1, 0.15) is 11.5 Å². The number of rotatable bonds is 4. The van der Waals surface area contributed by atoms with E-state index in [1.165, 1.54) is 0 Å². The van der Waals surface area contributed by atoms with Gasteiger partial charge in [0.25, 0.3) is 0 Å². The van der Waals surface area contributed by atoms with Crippen LogP contribution in [0.15, 0.2) is 18.2 Å². The van der Waals surface area contributed by atoms with E-state index in [9.17, 15) is 4.79 Å². The lowest BCUT2D eigenvalue weighted by atomic mass is 10.0. The Kier molecular flexibility index (Phi) is 3.79. The van der Waals surface area contributed by atoms with E-state index >= 15 is 0 Å². The molecule has 0 aromatic heterocycles. The molecule has 0 spiro atoms. The van der Waals surface area contributed by atoms with Crippen molar-refractivity contribution in [2.75, 3.05) is 20.8 Å². The van der Waals surface area contributed by atoms with Gasteiger partial charge in [-0.1, -0.05) is 6.92 Å². The van der Waals surface area contributed by atoms with E-state index < -0.39 is 0 Å². The lowest BCUT2D eigenvalue weighted by molar-refractivity contribution is -0.133. The highest BCUT2D eigenvalue weighted by atomic mass is 16.5. The fourth-order valence-corrected chi connectivity index (χ4v) is 3.33. The van der Waals surface area contributed by atoms with Crippen molar-refractivity contribution in [1.82, 2.24) is 4.90 Å². The maximum atomic E-state index is 12.6. The summed E-state index contributed by atoms with van der Waals surface area (Å²) in [6, 6.07) is 6.02. The lowest BCUT2D eigenvalue weighted by Gasteiger charge is -2.26. The molecule has 3 rings (SSSR count). The Morgan fingerprint density at radius 2 is 2.05 bits per heavy atom. The number of amides is 1. The second kappa shape index (κ2) is 5.58. The quantitative estimate of drug-likeness (QED) is 0.855. The molecule has 1 aliphatic heterocycles. The van der Waals surface area contributed by atoms with Crippen LogP contribution in [0.4, 0.5) is 0 Å². The molecule has 4 nitrogen and oxygen atoms in total. The van der Waals surface area contributed by atoms with E-state index in [-0.39, 0.29) is 12.0 Å². The predicted molar refractivity (Wildman–Crippen MR) is 80.5 cm³/mol. The first-order valence-corrected chi connectivity index (χ1v) is 7.68. The van der Waals surface area contributed by atoms with Crippen LogP contribution in [0.3, 0.4) is 0 Å². The first-order chi connectivity index (χ1) is 10.2. The second-order valence-corrected chi connectivity index (χ2v) is 6.12. The van der Waals surface area contributed by atoms with Crippen molar-refractivity contribution >= 4 is 5.91 Å². The van der Waals surface area contributed by atoms with Gasteiger partial charge in [0.2, 0.25) is 5.91 Å². The standard InChI is InChI=1S/C17H23NO3/c1-11-9-14(11)17(19)18-8-4-5-15(18)13-7-6-12(20-2)10-16(13)21-3/h6-7,10-11,14-15H,4-5,8-9H2,1-3H3/t11-,14+,15+/m1/s1. The van der Waals surface area contributed by atoms with Gasteiger partial charge in [0, 0.05) is 24.1 Å². The summed E-state index contributed by atoms with van der Waals surface area (Å²) < 4.78 is 10.8. The molecule has 1 saturated carbocycles. The molecule has 2 aliphatic rings. The minimum absolute atomic E-state index is 0.145. The summed E-state index contributed by atoms with van der Waals surface area (Å²) in [6.07, 6.45) is 3.12. The first-order valence-electron chi connectivity index (χ1n) is 7.68. The largest absolute Gasteiger partial charge is 0.497 e. The zero-order chi connectivity index (χ0) is 15.0. The number of likely N-dealkylation sites (tertiary alicyclic amines) is 1. The third kappa shape index (κ3) is 2.59. The van der Waals surface area contributed by atoms with Crippen LogP contribution in [0.2, 0.25) is 0 Å². The van der Waals surface area contributed by atoms with Crippen molar-refractivity contribution in [3.05, 3.63) is 23.8 Å². The molecule has 0 bridgehead atoms. The number of methoxy groups -OCH3 is 2.